The van der Waals surface area contributed by atoms with E-state index in [1.54, 1.807) is 6.08 Å². The summed E-state index contributed by atoms with van der Waals surface area (Å²) in [7, 11) is 0. The number of nitrogens with zero attached hydrogens (tertiary/aromatic N) is 2. The van der Waals surface area contributed by atoms with Crippen LogP contribution in [0.2, 0.25) is 0 Å². The number of piperazine rings is 1. The van der Waals surface area contributed by atoms with Crippen LogP contribution in [0, 0.1) is 0 Å². The Labute approximate surface area is 155 Å². The summed E-state index contributed by atoms with van der Waals surface area (Å²) in [5.74, 6) is 0.0235. The average Bonchev–Trinajstić information content (AvgIpc) is 2.69. The van der Waals surface area contributed by atoms with Crippen molar-refractivity contribution in [2.24, 2.45) is 0 Å². The number of aliphatic hydroxyl groups excluding tert-OH is 1. The van der Waals surface area contributed by atoms with Crippen molar-refractivity contribution in [3.8, 4) is 0 Å². The predicted molar refractivity (Wildman–Crippen MR) is 105 cm³/mol. The minimum Gasteiger partial charge on any atom is -0.395 e. The molecule has 4 nitrogen and oxygen atoms in total. The molecule has 1 saturated heterocycles. The average molecular weight is 350 g/mol. The highest BCUT2D eigenvalue weighted by Gasteiger charge is 2.16. The van der Waals surface area contributed by atoms with Crippen molar-refractivity contribution in [3.63, 3.8) is 0 Å². The lowest BCUT2D eigenvalue weighted by molar-refractivity contribution is 0.104. The van der Waals surface area contributed by atoms with Crippen LogP contribution in [0.3, 0.4) is 0 Å². The highest BCUT2D eigenvalue weighted by molar-refractivity contribution is 6.06. The summed E-state index contributed by atoms with van der Waals surface area (Å²) >= 11 is 0. The van der Waals surface area contributed by atoms with Crippen LogP contribution in [0.4, 0.5) is 0 Å². The zero-order valence-corrected chi connectivity index (χ0v) is 15.1. The number of benzene rings is 2. The summed E-state index contributed by atoms with van der Waals surface area (Å²) in [6.45, 7) is 6.06. The second-order valence-electron chi connectivity index (χ2n) is 6.65. The van der Waals surface area contributed by atoms with Gasteiger partial charge < -0.3 is 5.11 Å². The molecule has 4 heteroatoms. The predicted octanol–water partition coefficient (Wildman–Crippen LogP) is 2.69. The van der Waals surface area contributed by atoms with Crippen LogP contribution in [0.5, 0.6) is 0 Å². The van der Waals surface area contributed by atoms with E-state index in [1.807, 2.05) is 36.4 Å². The molecule has 1 heterocycles. The van der Waals surface area contributed by atoms with Gasteiger partial charge in [0, 0.05) is 44.8 Å². The minimum absolute atomic E-state index is 0.0235. The molecule has 2 aromatic rings. The second kappa shape index (κ2) is 9.43. The topological polar surface area (TPSA) is 43.8 Å². The van der Waals surface area contributed by atoms with Gasteiger partial charge in [-0.05, 0) is 17.2 Å². The van der Waals surface area contributed by atoms with Gasteiger partial charge >= 0.3 is 0 Å². The Morgan fingerprint density at radius 1 is 0.923 bits per heavy atom. The number of carbonyl (C=O) groups excluding carboxylic acids is 1. The standard InChI is InChI=1S/C22H26N2O2/c25-17-16-23-12-14-24(15-13-23)18-20-8-6-19(7-9-20)10-11-22(26)21-4-2-1-3-5-21/h1-11,25H,12-18H2. The third-order valence-electron chi connectivity index (χ3n) is 4.75. The molecule has 0 spiro atoms. The number of β-amino-alcohol motifs (C(OH)–C–C–N with tert-alkyl or cyclic N) is 1. The monoisotopic (exact) mass is 350 g/mol. The number of ketones is 1. The number of hydrogen-bond acceptors (Lipinski definition) is 4. The van der Waals surface area contributed by atoms with Crippen molar-refractivity contribution in [3.05, 3.63) is 77.4 Å². The molecular weight excluding hydrogens is 324 g/mol. The van der Waals surface area contributed by atoms with Gasteiger partial charge in [0.25, 0.3) is 0 Å². The molecule has 2 aromatic carbocycles. The fourth-order valence-electron chi connectivity index (χ4n) is 3.18. The van der Waals surface area contributed by atoms with Crippen molar-refractivity contribution >= 4 is 11.9 Å². The summed E-state index contributed by atoms with van der Waals surface area (Å²) in [5, 5.41) is 9.01. The second-order valence-corrected chi connectivity index (χ2v) is 6.65. The first-order chi connectivity index (χ1) is 12.7. The zero-order valence-electron chi connectivity index (χ0n) is 15.1. The van der Waals surface area contributed by atoms with Gasteiger partial charge in [0.15, 0.2) is 5.78 Å². The summed E-state index contributed by atoms with van der Waals surface area (Å²) < 4.78 is 0. The number of allylic oxidation sites excluding steroid dienone is 1. The van der Waals surface area contributed by atoms with Gasteiger partial charge in [0.05, 0.1) is 6.61 Å². The lowest BCUT2D eigenvalue weighted by Crippen LogP contribution is -2.46. The quantitative estimate of drug-likeness (QED) is 0.616. The van der Waals surface area contributed by atoms with Crippen LogP contribution in [-0.4, -0.2) is 60.0 Å². The first-order valence-electron chi connectivity index (χ1n) is 9.16. The first kappa shape index (κ1) is 18.5. The van der Waals surface area contributed by atoms with Gasteiger partial charge in [0.2, 0.25) is 0 Å². The minimum atomic E-state index is 0.0235. The summed E-state index contributed by atoms with van der Waals surface area (Å²) in [4.78, 5) is 16.8. The molecule has 26 heavy (non-hydrogen) atoms. The Morgan fingerprint density at radius 3 is 2.23 bits per heavy atom. The zero-order chi connectivity index (χ0) is 18.2. The molecule has 0 aromatic heterocycles. The molecule has 1 aliphatic heterocycles. The molecule has 0 atom stereocenters. The van der Waals surface area contributed by atoms with E-state index in [1.165, 1.54) is 5.56 Å². The SMILES string of the molecule is O=C(C=Cc1ccc(CN2CCN(CCO)CC2)cc1)c1ccccc1. The molecule has 0 aliphatic carbocycles. The smallest absolute Gasteiger partial charge is 0.185 e. The number of hydrogen-bond donors (Lipinski definition) is 1. The number of rotatable bonds is 7. The highest BCUT2D eigenvalue weighted by atomic mass is 16.3. The van der Waals surface area contributed by atoms with Crippen molar-refractivity contribution in [1.82, 2.24) is 9.80 Å². The molecule has 1 N–H and O–H groups in total. The summed E-state index contributed by atoms with van der Waals surface area (Å²) in [6, 6.07) is 17.7. The maximum atomic E-state index is 12.1. The van der Waals surface area contributed by atoms with Crippen molar-refractivity contribution in [1.29, 1.82) is 0 Å². The van der Waals surface area contributed by atoms with Crippen molar-refractivity contribution in [2.45, 2.75) is 6.54 Å². The molecule has 0 unspecified atom stereocenters. The highest BCUT2D eigenvalue weighted by Crippen LogP contribution is 2.12. The lowest BCUT2D eigenvalue weighted by Gasteiger charge is -2.34. The van der Waals surface area contributed by atoms with Gasteiger partial charge in [-0.2, -0.15) is 0 Å². The summed E-state index contributed by atoms with van der Waals surface area (Å²) in [5.41, 5.74) is 3.03. The molecule has 1 aliphatic rings. The third kappa shape index (κ3) is 5.36. The maximum Gasteiger partial charge on any atom is 0.185 e. The first-order valence-corrected chi connectivity index (χ1v) is 9.16. The summed E-state index contributed by atoms with van der Waals surface area (Å²) in [6.07, 6.45) is 3.50. The molecule has 0 amide bonds. The van der Waals surface area contributed by atoms with Crippen LogP contribution in [0.25, 0.3) is 6.08 Å². The fourth-order valence-corrected chi connectivity index (χ4v) is 3.18. The Kier molecular flexibility index (Phi) is 6.72. The van der Waals surface area contributed by atoms with Crippen LogP contribution < -0.4 is 0 Å². The van der Waals surface area contributed by atoms with Gasteiger partial charge in [-0.25, -0.2) is 0 Å². The molecular formula is C22H26N2O2. The van der Waals surface area contributed by atoms with Crippen LogP contribution in [-0.2, 0) is 6.54 Å². The number of aliphatic hydroxyl groups is 1. The Hall–Kier alpha value is -2.27. The molecule has 0 radical (unpaired) electrons. The third-order valence-corrected chi connectivity index (χ3v) is 4.75. The van der Waals surface area contributed by atoms with Crippen LogP contribution in [0.15, 0.2) is 60.7 Å². The van der Waals surface area contributed by atoms with Crippen LogP contribution in [0.1, 0.15) is 21.5 Å². The van der Waals surface area contributed by atoms with E-state index >= 15 is 0 Å². The van der Waals surface area contributed by atoms with E-state index in [9.17, 15) is 4.79 Å². The van der Waals surface area contributed by atoms with Gasteiger partial charge in [-0.3, -0.25) is 14.6 Å². The van der Waals surface area contributed by atoms with E-state index in [4.69, 9.17) is 5.11 Å². The molecule has 0 bridgehead atoms. The fraction of sp³-hybridized carbons (Fsp3) is 0.318. The molecule has 0 saturated carbocycles. The van der Waals surface area contributed by atoms with Gasteiger partial charge in [0.1, 0.15) is 0 Å². The normalized spacial score (nSPS) is 16.2. The molecule has 3 rings (SSSR count). The largest absolute Gasteiger partial charge is 0.395 e. The van der Waals surface area contributed by atoms with Crippen molar-refractivity contribution < 1.29 is 9.90 Å². The molecule has 136 valence electrons. The van der Waals surface area contributed by atoms with E-state index in [2.05, 4.69) is 34.1 Å². The van der Waals surface area contributed by atoms with Gasteiger partial charge in [-0.15, -0.1) is 0 Å². The van der Waals surface area contributed by atoms with Crippen molar-refractivity contribution in [2.75, 3.05) is 39.3 Å². The van der Waals surface area contributed by atoms with Gasteiger partial charge in [-0.1, -0.05) is 60.7 Å². The van der Waals surface area contributed by atoms with E-state index in [0.717, 1.165) is 44.8 Å². The maximum absolute atomic E-state index is 12.1. The van der Waals surface area contributed by atoms with Crippen LogP contribution >= 0.6 is 0 Å². The Morgan fingerprint density at radius 2 is 1.58 bits per heavy atom. The van der Waals surface area contributed by atoms with E-state index in [-0.39, 0.29) is 12.4 Å². The lowest BCUT2D eigenvalue weighted by atomic mass is 10.1. The Balaban J connectivity index is 1.51. The van der Waals surface area contributed by atoms with E-state index in [0.29, 0.717) is 5.56 Å². The number of carbonyl (C=O) groups is 1. The Bertz CT molecular complexity index is 718. The molecule has 1 fully saturated rings. The van der Waals surface area contributed by atoms with E-state index < -0.39 is 0 Å².